The molecule has 0 radical (unpaired) electrons. The topological polar surface area (TPSA) is 32.3 Å². The van der Waals surface area contributed by atoms with E-state index in [0.717, 1.165) is 19.4 Å². The van der Waals surface area contributed by atoms with Crippen LogP contribution in [0.2, 0.25) is 0 Å². The molecule has 0 saturated carbocycles. The molecule has 0 saturated heterocycles. The van der Waals surface area contributed by atoms with Gasteiger partial charge in [-0.25, -0.2) is 4.79 Å². The number of carbonyl (C=O) groups excluding carboxylic acids is 1. The molecule has 3 rings (SSSR count). The van der Waals surface area contributed by atoms with Crippen LogP contribution in [0.25, 0.3) is 0 Å². The SMILES string of the molecule is Cc1ccc(CCNC(=O)N2CCc3ccccc3C2)cc1. The molecule has 1 aliphatic heterocycles. The van der Waals surface area contributed by atoms with E-state index in [2.05, 4.69) is 54.7 Å². The van der Waals surface area contributed by atoms with Crippen molar-refractivity contribution in [3.63, 3.8) is 0 Å². The molecule has 0 unspecified atom stereocenters. The van der Waals surface area contributed by atoms with Crippen LogP contribution >= 0.6 is 0 Å². The zero-order valence-corrected chi connectivity index (χ0v) is 13.0. The summed E-state index contributed by atoms with van der Waals surface area (Å²) in [6.07, 6.45) is 1.82. The van der Waals surface area contributed by atoms with E-state index in [1.807, 2.05) is 11.0 Å². The monoisotopic (exact) mass is 294 g/mol. The fraction of sp³-hybridized carbons (Fsp3) is 0.316. The first-order chi connectivity index (χ1) is 10.7. The molecule has 0 aliphatic carbocycles. The number of benzene rings is 2. The lowest BCUT2D eigenvalue weighted by Gasteiger charge is -2.29. The van der Waals surface area contributed by atoms with Gasteiger partial charge in [-0.15, -0.1) is 0 Å². The van der Waals surface area contributed by atoms with E-state index in [1.165, 1.54) is 22.3 Å². The maximum absolute atomic E-state index is 12.3. The summed E-state index contributed by atoms with van der Waals surface area (Å²) in [5.74, 6) is 0. The zero-order valence-electron chi connectivity index (χ0n) is 13.0. The van der Waals surface area contributed by atoms with Crippen LogP contribution < -0.4 is 5.32 Å². The van der Waals surface area contributed by atoms with Crippen molar-refractivity contribution < 1.29 is 4.79 Å². The van der Waals surface area contributed by atoms with Gasteiger partial charge in [0.25, 0.3) is 0 Å². The lowest BCUT2D eigenvalue weighted by molar-refractivity contribution is 0.192. The lowest BCUT2D eigenvalue weighted by atomic mass is 10.0. The van der Waals surface area contributed by atoms with Crippen LogP contribution in [0.15, 0.2) is 48.5 Å². The molecule has 3 nitrogen and oxygen atoms in total. The number of urea groups is 1. The second-order valence-corrected chi connectivity index (χ2v) is 5.91. The Bertz CT molecular complexity index is 649. The smallest absolute Gasteiger partial charge is 0.317 e. The second kappa shape index (κ2) is 6.65. The number of rotatable bonds is 3. The average Bonchev–Trinajstić information content (AvgIpc) is 2.56. The van der Waals surface area contributed by atoms with Crippen molar-refractivity contribution in [1.82, 2.24) is 10.2 Å². The molecule has 2 aromatic carbocycles. The molecule has 0 atom stereocenters. The van der Waals surface area contributed by atoms with Gasteiger partial charge in [0.2, 0.25) is 0 Å². The van der Waals surface area contributed by atoms with Crippen LogP contribution in [0.5, 0.6) is 0 Å². The quantitative estimate of drug-likeness (QED) is 0.925. The van der Waals surface area contributed by atoms with Crippen molar-refractivity contribution in [1.29, 1.82) is 0 Å². The molecular formula is C19H22N2O. The van der Waals surface area contributed by atoms with Gasteiger partial charge in [-0.05, 0) is 36.5 Å². The molecule has 1 aliphatic rings. The van der Waals surface area contributed by atoms with E-state index in [9.17, 15) is 4.79 Å². The third kappa shape index (κ3) is 3.48. The van der Waals surface area contributed by atoms with Crippen LogP contribution in [0, 0.1) is 6.92 Å². The normalized spacial score (nSPS) is 13.6. The number of nitrogens with zero attached hydrogens (tertiary/aromatic N) is 1. The summed E-state index contributed by atoms with van der Waals surface area (Å²) in [7, 11) is 0. The molecule has 22 heavy (non-hydrogen) atoms. The Hall–Kier alpha value is -2.29. The predicted molar refractivity (Wildman–Crippen MR) is 88.8 cm³/mol. The highest BCUT2D eigenvalue weighted by molar-refractivity contribution is 5.74. The zero-order chi connectivity index (χ0) is 15.4. The maximum atomic E-state index is 12.3. The van der Waals surface area contributed by atoms with Crippen molar-refractivity contribution >= 4 is 6.03 Å². The largest absolute Gasteiger partial charge is 0.338 e. The highest BCUT2D eigenvalue weighted by Gasteiger charge is 2.19. The first-order valence-electron chi connectivity index (χ1n) is 7.87. The third-order valence-electron chi connectivity index (χ3n) is 4.23. The van der Waals surface area contributed by atoms with E-state index in [4.69, 9.17) is 0 Å². The Labute approximate surface area is 132 Å². The molecule has 2 aromatic rings. The van der Waals surface area contributed by atoms with Gasteiger partial charge in [0, 0.05) is 19.6 Å². The van der Waals surface area contributed by atoms with Gasteiger partial charge in [-0.2, -0.15) is 0 Å². The number of amides is 2. The number of carbonyl (C=O) groups is 1. The fourth-order valence-corrected chi connectivity index (χ4v) is 2.85. The van der Waals surface area contributed by atoms with E-state index in [1.54, 1.807) is 0 Å². The number of nitrogens with one attached hydrogen (secondary N) is 1. The number of hydrogen-bond acceptors (Lipinski definition) is 1. The van der Waals surface area contributed by atoms with Gasteiger partial charge in [-0.1, -0.05) is 54.1 Å². The van der Waals surface area contributed by atoms with Gasteiger partial charge >= 0.3 is 6.03 Å². The summed E-state index contributed by atoms with van der Waals surface area (Å²) < 4.78 is 0. The molecule has 1 heterocycles. The molecule has 0 bridgehead atoms. The molecule has 2 amide bonds. The van der Waals surface area contributed by atoms with Crippen LogP contribution in [-0.2, 0) is 19.4 Å². The lowest BCUT2D eigenvalue weighted by Crippen LogP contribution is -2.43. The molecule has 3 heteroatoms. The Balaban J connectivity index is 1.50. The first kappa shape index (κ1) is 14.6. The van der Waals surface area contributed by atoms with E-state index < -0.39 is 0 Å². The molecular weight excluding hydrogens is 272 g/mol. The minimum absolute atomic E-state index is 0.0432. The molecule has 1 N–H and O–H groups in total. The summed E-state index contributed by atoms with van der Waals surface area (Å²) in [4.78, 5) is 14.2. The minimum atomic E-state index is 0.0432. The summed E-state index contributed by atoms with van der Waals surface area (Å²) >= 11 is 0. The van der Waals surface area contributed by atoms with Gasteiger partial charge in [0.1, 0.15) is 0 Å². The van der Waals surface area contributed by atoms with Crippen molar-refractivity contribution in [3.8, 4) is 0 Å². The summed E-state index contributed by atoms with van der Waals surface area (Å²) in [5.41, 5.74) is 5.16. The van der Waals surface area contributed by atoms with Crippen molar-refractivity contribution in [2.24, 2.45) is 0 Å². The highest BCUT2D eigenvalue weighted by atomic mass is 16.2. The Kier molecular flexibility index (Phi) is 4.42. The minimum Gasteiger partial charge on any atom is -0.338 e. The van der Waals surface area contributed by atoms with Gasteiger partial charge in [-0.3, -0.25) is 0 Å². The third-order valence-corrected chi connectivity index (χ3v) is 4.23. The fourth-order valence-electron chi connectivity index (χ4n) is 2.85. The van der Waals surface area contributed by atoms with Gasteiger partial charge < -0.3 is 10.2 Å². The van der Waals surface area contributed by atoms with E-state index in [-0.39, 0.29) is 6.03 Å². The van der Waals surface area contributed by atoms with Gasteiger partial charge in [0.05, 0.1) is 0 Å². The van der Waals surface area contributed by atoms with Crippen LogP contribution in [0.3, 0.4) is 0 Å². The maximum Gasteiger partial charge on any atom is 0.317 e. The van der Waals surface area contributed by atoms with Crippen molar-refractivity contribution in [3.05, 3.63) is 70.8 Å². The van der Waals surface area contributed by atoms with Crippen molar-refractivity contribution in [2.45, 2.75) is 26.3 Å². The number of hydrogen-bond donors (Lipinski definition) is 1. The first-order valence-corrected chi connectivity index (χ1v) is 7.87. The van der Waals surface area contributed by atoms with E-state index in [0.29, 0.717) is 13.1 Å². The number of fused-ring (bicyclic) bond motifs is 1. The van der Waals surface area contributed by atoms with Crippen molar-refractivity contribution in [2.75, 3.05) is 13.1 Å². The van der Waals surface area contributed by atoms with Crippen LogP contribution in [-0.4, -0.2) is 24.0 Å². The van der Waals surface area contributed by atoms with E-state index >= 15 is 0 Å². The summed E-state index contributed by atoms with van der Waals surface area (Å²) in [6, 6.07) is 16.9. The predicted octanol–water partition coefficient (Wildman–Crippen LogP) is 3.31. The molecule has 0 fully saturated rings. The van der Waals surface area contributed by atoms with Crippen LogP contribution in [0.1, 0.15) is 22.3 Å². The Morgan fingerprint density at radius 1 is 1.09 bits per heavy atom. The highest BCUT2D eigenvalue weighted by Crippen LogP contribution is 2.18. The Morgan fingerprint density at radius 2 is 1.82 bits per heavy atom. The summed E-state index contributed by atoms with van der Waals surface area (Å²) in [5, 5.41) is 3.03. The molecule has 0 aromatic heterocycles. The average molecular weight is 294 g/mol. The van der Waals surface area contributed by atoms with Crippen LogP contribution in [0.4, 0.5) is 4.79 Å². The Morgan fingerprint density at radius 3 is 2.59 bits per heavy atom. The summed E-state index contributed by atoms with van der Waals surface area (Å²) in [6.45, 7) is 4.28. The number of aryl methyl sites for hydroxylation is 1. The standard InChI is InChI=1S/C19H22N2O/c1-15-6-8-16(9-7-15)10-12-20-19(22)21-13-11-17-4-2-3-5-18(17)14-21/h2-9H,10-14H2,1H3,(H,20,22). The van der Waals surface area contributed by atoms with Gasteiger partial charge in [0.15, 0.2) is 0 Å². The molecule has 0 spiro atoms. The second-order valence-electron chi connectivity index (χ2n) is 5.91. The molecule has 114 valence electrons.